The first-order valence-electron chi connectivity index (χ1n) is 17.7. The Balaban J connectivity index is 1.32. The number of unbranched alkanes of at least 4 members (excludes halogenated alkanes) is 7. The molecular formula is C32H59BN6O6. The van der Waals surface area contributed by atoms with E-state index < -0.39 is 24.5 Å². The van der Waals surface area contributed by atoms with Gasteiger partial charge >= 0.3 is 7.12 Å². The van der Waals surface area contributed by atoms with Crippen molar-refractivity contribution in [1.29, 1.82) is 0 Å². The molecule has 12 nitrogen and oxygen atoms in total. The summed E-state index contributed by atoms with van der Waals surface area (Å²) in [6, 6.07) is -0.715. The lowest BCUT2D eigenvalue weighted by atomic mass is 9.43. The number of nitro groups is 1. The minimum absolute atomic E-state index is 0.0221. The van der Waals surface area contributed by atoms with Crippen molar-refractivity contribution in [2.75, 3.05) is 6.54 Å². The van der Waals surface area contributed by atoms with E-state index >= 15 is 0 Å². The Labute approximate surface area is 270 Å². The van der Waals surface area contributed by atoms with Gasteiger partial charge in [-0.05, 0) is 80.3 Å². The Bertz CT molecular complexity index is 1020. The Hall–Kier alpha value is -1.96. The lowest BCUT2D eigenvalue weighted by molar-refractivity contribution is -0.627. The first-order chi connectivity index (χ1) is 21.4. The molecule has 0 aromatic heterocycles. The smallest absolute Gasteiger partial charge is 0.404 e. The quantitative estimate of drug-likeness (QED) is 0.0471. The molecular weight excluding hydrogens is 575 g/mol. The van der Waals surface area contributed by atoms with Crippen molar-refractivity contribution >= 4 is 18.9 Å². The van der Waals surface area contributed by atoms with Gasteiger partial charge in [0, 0.05) is 6.42 Å². The van der Waals surface area contributed by atoms with Crippen molar-refractivity contribution in [2.45, 2.75) is 161 Å². The molecule has 5 fully saturated rings. The van der Waals surface area contributed by atoms with E-state index in [2.05, 4.69) is 62.9 Å². The molecule has 2 saturated heterocycles. The van der Waals surface area contributed by atoms with Crippen LogP contribution in [0.5, 0.6) is 0 Å². The van der Waals surface area contributed by atoms with Crippen LogP contribution in [0.4, 0.5) is 0 Å². The molecule has 3 aliphatic carbocycles. The number of carbonyl (C=O) groups is 2. The van der Waals surface area contributed by atoms with Gasteiger partial charge < -0.3 is 19.9 Å². The summed E-state index contributed by atoms with van der Waals surface area (Å²) in [6.07, 6.45) is 12.9. The zero-order valence-electron chi connectivity index (χ0n) is 28.6. The van der Waals surface area contributed by atoms with Crippen LogP contribution in [-0.2, 0) is 18.9 Å². The number of hydrogen-bond acceptors (Lipinski definition) is 8. The van der Waals surface area contributed by atoms with Gasteiger partial charge in [0.15, 0.2) is 5.03 Å². The number of amides is 2. The maximum atomic E-state index is 13.8. The average Bonchev–Trinajstić information content (AvgIpc) is 3.67. The molecule has 4 N–H and O–H groups in total. The fraction of sp³-hybridized carbons (Fsp3) is 0.938. The van der Waals surface area contributed by atoms with Crippen LogP contribution in [0, 0.1) is 33.3 Å². The van der Waals surface area contributed by atoms with Crippen molar-refractivity contribution in [3.8, 4) is 0 Å². The summed E-state index contributed by atoms with van der Waals surface area (Å²) in [4.78, 5) is 37.7. The summed E-state index contributed by atoms with van der Waals surface area (Å²) in [5.74, 6) is 0.675. The van der Waals surface area contributed by atoms with Crippen molar-refractivity contribution in [3.63, 3.8) is 0 Å². The molecule has 0 radical (unpaired) electrons. The Morgan fingerprint density at radius 1 is 1.04 bits per heavy atom. The molecule has 0 spiro atoms. The fourth-order valence-electron chi connectivity index (χ4n) is 7.97. The average molecular weight is 635 g/mol. The zero-order valence-corrected chi connectivity index (χ0v) is 28.6. The van der Waals surface area contributed by atoms with Gasteiger partial charge in [0.2, 0.25) is 18.1 Å². The molecule has 2 aliphatic heterocycles. The molecule has 1 unspecified atom stereocenters. The summed E-state index contributed by atoms with van der Waals surface area (Å²) in [6.45, 7) is 13.8. The maximum absolute atomic E-state index is 13.8. The third-order valence-electron chi connectivity index (χ3n) is 10.9. The van der Waals surface area contributed by atoms with E-state index in [0.29, 0.717) is 50.0 Å². The predicted molar refractivity (Wildman–Crippen MR) is 174 cm³/mol. The molecule has 7 atom stereocenters. The fourth-order valence-corrected chi connectivity index (χ4v) is 7.97. The Morgan fingerprint density at radius 2 is 1.73 bits per heavy atom. The number of carbonyl (C=O) groups excluding carboxylic acids is 2. The van der Waals surface area contributed by atoms with Crippen LogP contribution in [-0.4, -0.2) is 65.6 Å². The van der Waals surface area contributed by atoms with Gasteiger partial charge in [0.25, 0.3) is 0 Å². The molecule has 5 rings (SSSR count). The lowest BCUT2D eigenvalue weighted by Gasteiger charge is -2.64. The molecule has 5 aliphatic rings. The van der Waals surface area contributed by atoms with Crippen molar-refractivity contribution in [3.05, 3.63) is 10.1 Å². The molecule has 0 aromatic carbocycles. The van der Waals surface area contributed by atoms with Crippen LogP contribution in [0.2, 0.25) is 0 Å². The second-order valence-corrected chi connectivity index (χ2v) is 15.1. The second kappa shape index (κ2) is 15.8. The van der Waals surface area contributed by atoms with Gasteiger partial charge in [-0.15, -0.1) is 5.43 Å². The van der Waals surface area contributed by atoms with Crippen molar-refractivity contribution in [2.24, 2.45) is 23.2 Å². The highest BCUT2D eigenvalue weighted by Gasteiger charge is 2.68. The Morgan fingerprint density at radius 3 is 2.36 bits per heavy atom. The van der Waals surface area contributed by atoms with Crippen LogP contribution in [0.3, 0.4) is 0 Å². The molecule has 0 aromatic rings. The molecule has 256 valence electrons. The highest BCUT2D eigenvalue weighted by Crippen LogP contribution is 2.65. The third kappa shape index (κ3) is 9.11. The van der Waals surface area contributed by atoms with E-state index in [1.807, 2.05) is 0 Å². The SMILES string of the molecule is CCCCCCCCCCC(=O)N[C@@H](CCCNC1NN1[N+](=O)[O-])C(=O)N[C@@H](CC(C)C)B1O[C@@H]2C[C@@H]3C[C@@H](C3(C)C)[C@]2(C)O1. The van der Waals surface area contributed by atoms with Crippen LogP contribution in [0.1, 0.15) is 131 Å². The van der Waals surface area contributed by atoms with Gasteiger partial charge in [-0.1, -0.05) is 79.6 Å². The molecule has 13 heteroatoms. The van der Waals surface area contributed by atoms with Gasteiger partial charge in [-0.2, -0.15) is 0 Å². The molecule has 2 heterocycles. The topological polar surface area (TPSA) is 157 Å². The number of hydrogen-bond donors (Lipinski definition) is 4. The summed E-state index contributed by atoms with van der Waals surface area (Å²) in [5, 5.41) is 20.5. The van der Waals surface area contributed by atoms with Gasteiger partial charge in [0.1, 0.15) is 6.04 Å². The van der Waals surface area contributed by atoms with E-state index in [-0.39, 0.29) is 34.9 Å². The summed E-state index contributed by atoms with van der Waals surface area (Å²) in [7, 11) is -0.536. The first kappa shape index (κ1) is 35.9. The molecule has 2 amide bonds. The van der Waals surface area contributed by atoms with Crippen molar-refractivity contribution in [1.82, 2.24) is 26.5 Å². The monoisotopic (exact) mass is 634 g/mol. The molecule has 2 bridgehead atoms. The van der Waals surface area contributed by atoms with E-state index in [4.69, 9.17) is 9.31 Å². The van der Waals surface area contributed by atoms with Gasteiger partial charge in [0.05, 0.1) is 17.6 Å². The summed E-state index contributed by atoms with van der Waals surface area (Å²) < 4.78 is 13.3. The normalized spacial score (nSPS) is 29.1. The number of rotatable bonds is 21. The summed E-state index contributed by atoms with van der Waals surface area (Å²) >= 11 is 0. The standard InChI is InChI=1S/C32H59BN6O6/c1-7-8-9-10-11-12-13-14-17-28(40)35-24(16-15-18-34-30-37-38(30)39(42)43)29(41)36-27(19-22(2)3)33-44-26-21-23-20-25(31(23,4)5)32(26,6)45-33/h22-27,30,34,37H,7-21H2,1-6H3,(H,35,40)(H,36,41)/t23-,24-,25-,26+,27-,30?,32-,38?/m0/s1. The van der Waals surface area contributed by atoms with E-state index in [9.17, 15) is 19.7 Å². The van der Waals surface area contributed by atoms with Gasteiger partial charge in [-0.3, -0.25) is 14.9 Å². The Kier molecular flexibility index (Phi) is 12.6. The number of nitrogens with zero attached hydrogens (tertiary/aromatic N) is 2. The summed E-state index contributed by atoms with van der Waals surface area (Å²) in [5.41, 5.74) is 2.47. The third-order valence-corrected chi connectivity index (χ3v) is 10.9. The van der Waals surface area contributed by atoms with Crippen LogP contribution in [0.25, 0.3) is 0 Å². The number of nitrogens with one attached hydrogen (secondary N) is 4. The van der Waals surface area contributed by atoms with Crippen molar-refractivity contribution < 1.29 is 23.9 Å². The van der Waals surface area contributed by atoms with E-state index in [0.717, 1.165) is 37.2 Å². The minimum atomic E-state index is -0.715. The van der Waals surface area contributed by atoms with Crippen LogP contribution in [0.15, 0.2) is 0 Å². The van der Waals surface area contributed by atoms with E-state index in [1.165, 1.54) is 32.1 Å². The highest BCUT2D eigenvalue weighted by atomic mass is 16.7. The molecule has 45 heavy (non-hydrogen) atoms. The van der Waals surface area contributed by atoms with Crippen LogP contribution < -0.4 is 21.4 Å². The van der Waals surface area contributed by atoms with E-state index in [1.54, 1.807) is 0 Å². The minimum Gasteiger partial charge on any atom is -0.404 e. The number of hydrazine groups is 2. The largest absolute Gasteiger partial charge is 0.481 e. The molecule has 3 saturated carbocycles. The predicted octanol–water partition coefficient (Wildman–Crippen LogP) is 4.47. The zero-order chi connectivity index (χ0) is 32.8. The van der Waals surface area contributed by atoms with Gasteiger partial charge in [-0.25, -0.2) is 10.1 Å². The first-order valence-corrected chi connectivity index (χ1v) is 17.7. The lowest BCUT2D eigenvalue weighted by Crippen LogP contribution is -2.65. The highest BCUT2D eigenvalue weighted by molar-refractivity contribution is 6.48. The van der Waals surface area contributed by atoms with Crippen LogP contribution >= 0.6 is 0 Å². The maximum Gasteiger partial charge on any atom is 0.481 e. The second-order valence-electron chi connectivity index (χ2n) is 15.1.